The van der Waals surface area contributed by atoms with Gasteiger partial charge in [-0.15, -0.1) is 5.10 Å². The van der Waals surface area contributed by atoms with E-state index in [2.05, 4.69) is 26.3 Å². The van der Waals surface area contributed by atoms with E-state index in [9.17, 15) is 14.4 Å². The zero-order valence-corrected chi connectivity index (χ0v) is 18.9. The molecule has 1 aromatic carbocycles. The molecule has 176 valence electrons. The first-order chi connectivity index (χ1) is 15.8. The molecule has 12 heteroatoms. The minimum Gasteiger partial charge on any atom is -0.351 e. The molecule has 2 heterocycles. The lowest BCUT2D eigenvalue weighted by Gasteiger charge is -2.16. The lowest BCUT2D eigenvalue weighted by Crippen LogP contribution is -2.43. The third kappa shape index (κ3) is 5.59. The van der Waals surface area contributed by atoms with Crippen LogP contribution in [0.2, 0.25) is 0 Å². The maximum Gasteiger partial charge on any atom is 0.291 e. The number of benzene rings is 1. The Morgan fingerprint density at radius 1 is 1.03 bits per heavy atom. The summed E-state index contributed by atoms with van der Waals surface area (Å²) in [7, 11) is 0. The lowest BCUT2D eigenvalue weighted by molar-refractivity contribution is -0.145. The van der Waals surface area contributed by atoms with Gasteiger partial charge < -0.3 is 9.47 Å². The number of rotatable bonds is 9. The van der Waals surface area contributed by atoms with Crippen LogP contribution in [0.4, 0.5) is 0 Å². The van der Waals surface area contributed by atoms with E-state index in [4.69, 9.17) is 9.47 Å². The molecule has 0 fully saturated rings. The van der Waals surface area contributed by atoms with E-state index in [1.807, 2.05) is 13.8 Å². The number of fused-ring (bicyclic) bond motifs is 1. The largest absolute Gasteiger partial charge is 0.351 e. The molecule has 2 N–H and O–H groups in total. The topological polar surface area (TPSA) is 142 Å². The van der Waals surface area contributed by atoms with Gasteiger partial charge in [-0.05, 0) is 33.8 Å². The van der Waals surface area contributed by atoms with Crippen LogP contribution >= 0.6 is 0 Å². The maximum atomic E-state index is 12.8. The summed E-state index contributed by atoms with van der Waals surface area (Å²) in [6, 6.07) is 6.42. The Balaban J connectivity index is 1.72. The molecule has 33 heavy (non-hydrogen) atoms. The highest BCUT2D eigenvalue weighted by atomic mass is 16.7. The van der Waals surface area contributed by atoms with Crippen molar-refractivity contribution in [3.63, 3.8) is 0 Å². The molecule has 3 aromatic rings. The number of nitrogens with one attached hydrogen (secondary N) is 2. The van der Waals surface area contributed by atoms with Gasteiger partial charge in [0.2, 0.25) is 0 Å². The second-order valence-electron chi connectivity index (χ2n) is 7.31. The maximum absolute atomic E-state index is 12.8. The molecule has 0 aliphatic heterocycles. The molecular formula is C21H27N7O5. The average Bonchev–Trinajstić information content (AvgIpc) is 3.26. The van der Waals surface area contributed by atoms with Crippen LogP contribution in [0.25, 0.3) is 10.8 Å². The molecule has 0 unspecified atom stereocenters. The highest BCUT2D eigenvalue weighted by Gasteiger charge is 2.20. The average molecular weight is 457 g/mol. The highest BCUT2D eigenvalue weighted by molar-refractivity contribution is 6.05. The van der Waals surface area contributed by atoms with Crippen LogP contribution in [0.5, 0.6) is 0 Å². The highest BCUT2D eigenvalue weighted by Crippen LogP contribution is 2.14. The van der Waals surface area contributed by atoms with Crippen molar-refractivity contribution in [1.82, 2.24) is 35.6 Å². The summed E-state index contributed by atoms with van der Waals surface area (Å²) < 4.78 is 13.6. The second kappa shape index (κ2) is 10.8. The molecule has 12 nitrogen and oxygen atoms in total. The van der Waals surface area contributed by atoms with E-state index >= 15 is 0 Å². The van der Waals surface area contributed by atoms with Crippen LogP contribution in [0.1, 0.15) is 54.7 Å². The normalized spacial score (nSPS) is 11.3. The van der Waals surface area contributed by atoms with E-state index in [1.165, 1.54) is 15.6 Å². The predicted molar refractivity (Wildman–Crippen MR) is 118 cm³/mol. The molecule has 0 atom stereocenters. The number of nitrogens with zero attached hydrogens (tertiary/aromatic N) is 5. The molecule has 0 aliphatic rings. The van der Waals surface area contributed by atoms with Crippen LogP contribution in [0.15, 0.2) is 35.3 Å². The van der Waals surface area contributed by atoms with Gasteiger partial charge in [0.15, 0.2) is 17.7 Å². The Labute approximate surface area is 189 Å². The molecule has 3 rings (SSSR count). The molecule has 0 saturated carbocycles. The van der Waals surface area contributed by atoms with E-state index in [-0.39, 0.29) is 29.5 Å². The molecule has 2 amide bonds. The monoisotopic (exact) mass is 457 g/mol. The number of amides is 2. The Morgan fingerprint density at radius 2 is 1.67 bits per heavy atom. The van der Waals surface area contributed by atoms with Crippen molar-refractivity contribution < 1.29 is 19.1 Å². The van der Waals surface area contributed by atoms with Gasteiger partial charge in [0.05, 0.1) is 24.2 Å². The van der Waals surface area contributed by atoms with Crippen LogP contribution in [0.3, 0.4) is 0 Å². The first-order valence-corrected chi connectivity index (χ1v) is 10.6. The zero-order valence-electron chi connectivity index (χ0n) is 18.9. The summed E-state index contributed by atoms with van der Waals surface area (Å²) in [6.07, 6.45) is 0.896. The van der Waals surface area contributed by atoms with Crippen LogP contribution in [0, 0.1) is 0 Å². The van der Waals surface area contributed by atoms with Crippen molar-refractivity contribution in [3.05, 3.63) is 52.2 Å². The van der Waals surface area contributed by atoms with E-state index in [1.54, 1.807) is 38.1 Å². The van der Waals surface area contributed by atoms with Crippen LogP contribution in [-0.4, -0.2) is 56.1 Å². The summed E-state index contributed by atoms with van der Waals surface area (Å²) in [6.45, 7) is 8.45. The number of hydrogen-bond acceptors (Lipinski definition) is 8. The number of aromatic nitrogens is 5. The first-order valence-electron chi connectivity index (χ1n) is 10.6. The number of hydrogen-bond donors (Lipinski definition) is 2. The van der Waals surface area contributed by atoms with Gasteiger partial charge in [-0.2, -0.15) is 5.10 Å². The zero-order chi connectivity index (χ0) is 24.0. The molecule has 2 aromatic heterocycles. The van der Waals surface area contributed by atoms with Gasteiger partial charge in [-0.3, -0.25) is 25.2 Å². The Hall–Kier alpha value is -3.64. The van der Waals surface area contributed by atoms with Gasteiger partial charge in [0, 0.05) is 18.6 Å². The Morgan fingerprint density at radius 3 is 2.30 bits per heavy atom. The molecule has 0 saturated heterocycles. The van der Waals surface area contributed by atoms with Gasteiger partial charge in [0.1, 0.15) is 0 Å². The third-order valence-corrected chi connectivity index (χ3v) is 4.63. The number of carbonyl (C=O) groups excluding carboxylic acids is 2. The lowest BCUT2D eigenvalue weighted by atomic mass is 10.1. The molecule has 0 radical (unpaired) electrons. The minimum atomic E-state index is -0.672. The molecule has 0 spiro atoms. The van der Waals surface area contributed by atoms with Gasteiger partial charge >= 0.3 is 0 Å². The van der Waals surface area contributed by atoms with E-state index in [0.717, 1.165) is 0 Å². The fourth-order valence-electron chi connectivity index (χ4n) is 3.13. The molecule has 0 bridgehead atoms. The smallest absolute Gasteiger partial charge is 0.291 e. The standard InChI is InChI=1S/C21H27N7O5/c1-5-32-17(33-6-2)12-27-11-16(22-26-27)19(29)23-24-20(30)18-14-9-7-8-10-15(14)21(31)28(25-18)13(3)4/h7-11,13,17H,5-6,12H2,1-4H3,(H,23,29)(H,24,30). The number of ether oxygens (including phenoxy) is 2. The first kappa shape index (κ1) is 24.0. The number of hydrazine groups is 1. The summed E-state index contributed by atoms with van der Waals surface area (Å²) >= 11 is 0. The predicted octanol–water partition coefficient (Wildman–Crippen LogP) is 1.04. The van der Waals surface area contributed by atoms with Gasteiger partial charge in [0.25, 0.3) is 17.4 Å². The Bertz CT molecular complexity index is 1180. The number of carbonyl (C=O) groups is 2. The van der Waals surface area contributed by atoms with Crippen LogP contribution < -0.4 is 16.4 Å². The fourth-order valence-corrected chi connectivity index (χ4v) is 3.13. The summed E-state index contributed by atoms with van der Waals surface area (Å²) in [4.78, 5) is 37.9. The second-order valence-corrected chi connectivity index (χ2v) is 7.31. The fraction of sp³-hybridized carbons (Fsp3) is 0.429. The van der Waals surface area contributed by atoms with Crippen LogP contribution in [-0.2, 0) is 16.0 Å². The van der Waals surface area contributed by atoms with Gasteiger partial charge in [-0.25, -0.2) is 9.36 Å². The summed E-state index contributed by atoms with van der Waals surface area (Å²) in [5, 5.41) is 12.7. The summed E-state index contributed by atoms with van der Waals surface area (Å²) in [5.74, 6) is -1.34. The molecule has 0 aliphatic carbocycles. The van der Waals surface area contributed by atoms with E-state index in [0.29, 0.717) is 24.0 Å². The molecular weight excluding hydrogens is 430 g/mol. The van der Waals surface area contributed by atoms with Crippen molar-refractivity contribution in [2.45, 2.75) is 46.6 Å². The third-order valence-electron chi connectivity index (χ3n) is 4.63. The Kier molecular flexibility index (Phi) is 7.85. The SMILES string of the molecule is CCOC(Cn1cc(C(=O)NNC(=O)c2nn(C(C)C)c(=O)c3ccccc23)nn1)OCC. The van der Waals surface area contributed by atoms with Crippen molar-refractivity contribution in [2.75, 3.05) is 13.2 Å². The van der Waals surface area contributed by atoms with E-state index < -0.39 is 18.1 Å². The van der Waals surface area contributed by atoms with Crippen molar-refractivity contribution in [1.29, 1.82) is 0 Å². The van der Waals surface area contributed by atoms with Crippen molar-refractivity contribution >= 4 is 22.6 Å². The summed E-state index contributed by atoms with van der Waals surface area (Å²) in [5.41, 5.74) is 4.33. The van der Waals surface area contributed by atoms with Gasteiger partial charge in [-0.1, -0.05) is 23.4 Å². The quantitative estimate of drug-likeness (QED) is 0.359. The minimum absolute atomic E-state index is 0.00739. The van der Waals surface area contributed by atoms with Crippen molar-refractivity contribution in [3.8, 4) is 0 Å². The van der Waals surface area contributed by atoms with Crippen molar-refractivity contribution in [2.24, 2.45) is 0 Å².